The molecule has 3 heteroatoms. The Hall–Kier alpha value is -0.730. The summed E-state index contributed by atoms with van der Waals surface area (Å²) >= 11 is 0. The minimum absolute atomic E-state index is 0.262. The van der Waals surface area contributed by atoms with Crippen LogP contribution in [0.25, 0.3) is 0 Å². The Morgan fingerprint density at radius 2 is 2.00 bits per heavy atom. The molecule has 1 saturated carbocycles. The number of rotatable bonds is 2. The molecule has 0 aromatic rings. The molecule has 0 aromatic heterocycles. The summed E-state index contributed by atoms with van der Waals surface area (Å²) in [6, 6.07) is 0.343. The van der Waals surface area contributed by atoms with Crippen LogP contribution in [-0.4, -0.2) is 18.7 Å². The van der Waals surface area contributed by atoms with E-state index in [0.29, 0.717) is 12.6 Å². The zero-order valence-corrected chi connectivity index (χ0v) is 8.51. The predicted octanol–water partition coefficient (Wildman–Crippen LogP) is 2.31. The van der Waals surface area contributed by atoms with E-state index in [4.69, 9.17) is 4.74 Å². The lowest BCUT2D eigenvalue weighted by Crippen LogP contribution is -2.37. The third-order valence-electron chi connectivity index (χ3n) is 2.61. The zero-order valence-electron chi connectivity index (χ0n) is 8.51. The highest BCUT2D eigenvalue weighted by molar-refractivity contribution is 5.67. The molecule has 1 aliphatic rings. The minimum Gasteiger partial charge on any atom is -0.450 e. The highest BCUT2D eigenvalue weighted by atomic mass is 16.5. The van der Waals surface area contributed by atoms with Crippen LogP contribution in [0.15, 0.2) is 0 Å². The van der Waals surface area contributed by atoms with Crippen molar-refractivity contribution in [1.29, 1.82) is 0 Å². The van der Waals surface area contributed by atoms with Crippen LogP contribution in [0.5, 0.6) is 0 Å². The zero-order chi connectivity index (χ0) is 9.68. The van der Waals surface area contributed by atoms with Crippen molar-refractivity contribution < 1.29 is 9.53 Å². The fourth-order valence-electron chi connectivity index (χ4n) is 1.74. The highest BCUT2D eigenvalue weighted by Crippen LogP contribution is 2.23. The molecule has 0 aliphatic heterocycles. The Labute approximate surface area is 79.8 Å². The van der Waals surface area contributed by atoms with Gasteiger partial charge in [0.15, 0.2) is 0 Å². The van der Waals surface area contributed by atoms with Crippen LogP contribution >= 0.6 is 0 Å². The number of carbonyl (C=O) groups excluding carboxylic acids is 1. The van der Waals surface area contributed by atoms with Gasteiger partial charge in [0.2, 0.25) is 0 Å². The molecule has 1 amide bonds. The molecular weight excluding hydrogens is 166 g/mol. The van der Waals surface area contributed by atoms with Gasteiger partial charge in [0.05, 0.1) is 6.61 Å². The summed E-state index contributed by atoms with van der Waals surface area (Å²) in [5.41, 5.74) is 0. The molecule has 0 heterocycles. The van der Waals surface area contributed by atoms with Gasteiger partial charge in [-0.05, 0) is 38.5 Å². The molecule has 0 saturated heterocycles. The first-order chi connectivity index (χ1) is 6.22. The van der Waals surface area contributed by atoms with Gasteiger partial charge in [-0.3, -0.25) is 0 Å². The second kappa shape index (κ2) is 5.10. The molecule has 0 radical (unpaired) electrons. The molecule has 0 atom stereocenters. The number of nitrogens with one attached hydrogen (secondary N) is 1. The van der Waals surface area contributed by atoms with E-state index in [1.54, 1.807) is 0 Å². The van der Waals surface area contributed by atoms with E-state index in [-0.39, 0.29) is 6.09 Å². The van der Waals surface area contributed by atoms with E-state index in [0.717, 1.165) is 18.8 Å². The van der Waals surface area contributed by atoms with Crippen LogP contribution in [0.4, 0.5) is 4.79 Å². The summed E-state index contributed by atoms with van der Waals surface area (Å²) in [5, 5.41) is 2.88. The summed E-state index contributed by atoms with van der Waals surface area (Å²) in [6.45, 7) is 4.54. The van der Waals surface area contributed by atoms with Crippen molar-refractivity contribution in [2.75, 3.05) is 6.61 Å². The van der Waals surface area contributed by atoms with Gasteiger partial charge in [-0.25, -0.2) is 4.79 Å². The maximum absolute atomic E-state index is 11.1. The molecule has 0 unspecified atom stereocenters. The van der Waals surface area contributed by atoms with Crippen molar-refractivity contribution in [3.63, 3.8) is 0 Å². The summed E-state index contributed by atoms with van der Waals surface area (Å²) in [6.07, 6.45) is 4.37. The number of alkyl carbamates (subject to hydrolysis) is 1. The monoisotopic (exact) mass is 185 g/mol. The second-order valence-electron chi connectivity index (χ2n) is 3.82. The van der Waals surface area contributed by atoms with Crippen molar-refractivity contribution in [3.05, 3.63) is 0 Å². The maximum Gasteiger partial charge on any atom is 0.407 e. The van der Waals surface area contributed by atoms with Gasteiger partial charge in [0, 0.05) is 6.04 Å². The van der Waals surface area contributed by atoms with Crippen molar-refractivity contribution in [1.82, 2.24) is 5.32 Å². The van der Waals surface area contributed by atoms with Crippen molar-refractivity contribution in [2.45, 2.75) is 45.6 Å². The van der Waals surface area contributed by atoms with Gasteiger partial charge in [-0.1, -0.05) is 6.92 Å². The molecule has 13 heavy (non-hydrogen) atoms. The summed E-state index contributed by atoms with van der Waals surface area (Å²) in [7, 11) is 0. The highest BCUT2D eigenvalue weighted by Gasteiger charge is 2.19. The average molecular weight is 185 g/mol. The van der Waals surface area contributed by atoms with Gasteiger partial charge in [-0.15, -0.1) is 0 Å². The maximum atomic E-state index is 11.1. The molecule has 1 aliphatic carbocycles. The molecule has 1 N–H and O–H groups in total. The Morgan fingerprint density at radius 1 is 1.38 bits per heavy atom. The second-order valence-corrected chi connectivity index (χ2v) is 3.82. The van der Waals surface area contributed by atoms with Gasteiger partial charge >= 0.3 is 6.09 Å². The first kappa shape index (κ1) is 10.4. The van der Waals surface area contributed by atoms with Gasteiger partial charge < -0.3 is 10.1 Å². The Balaban J connectivity index is 2.18. The normalized spacial score (nSPS) is 28.2. The van der Waals surface area contributed by atoms with Crippen molar-refractivity contribution in [2.24, 2.45) is 5.92 Å². The van der Waals surface area contributed by atoms with E-state index in [1.165, 1.54) is 12.8 Å². The molecular formula is C10H19NO2. The summed E-state index contributed by atoms with van der Waals surface area (Å²) in [4.78, 5) is 11.1. The van der Waals surface area contributed by atoms with Crippen LogP contribution < -0.4 is 5.32 Å². The lowest BCUT2D eigenvalue weighted by Gasteiger charge is -2.26. The number of hydrogen-bond donors (Lipinski definition) is 1. The van der Waals surface area contributed by atoms with E-state index in [9.17, 15) is 4.79 Å². The first-order valence-corrected chi connectivity index (χ1v) is 5.15. The fraction of sp³-hybridized carbons (Fsp3) is 0.900. The third kappa shape index (κ3) is 3.66. The molecule has 1 fully saturated rings. The van der Waals surface area contributed by atoms with Gasteiger partial charge in [0.25, 0.3) is 0 Å². The molecule has 3 nitrogen and oxygen atoms in total. The average Bonchev–Trinajstić information content (AvgIpc) is 2.09. The fourth-order valence-corrected chi connectivity index (χ4v) is 1.74. The van der Waals surface area contributed by atoms with E-state index >= 15 is 0 Å². The van der Waals surface area contributed by atoms with Crippen LogP contribution in [0, 0.1) is 5.92 Å². The number of amides is 1. The van der Waals surface area contributed by atoms with Gasteiger partial charge in [0.1, 0.15) is 0 Å². The molecule has 1 rings (SSSR count). The molecule has 0 bridgehead atoms. The van der Waals surface area contributed by atoms with Gasteiger partial charge in [-0.2, -0.15) is 0 Å². The number of ether oxygens (including phenoxy) is 1. The van der Waals surface area contributed by atoms with E-state index in [2.05, 4.69) is 12.2 Å². The Bertz CT molecular complexity index is 162. The lowest BCUT2D eigenvalue weighted by atomic mass is 9.87. The van der Waals surface area contributed by atoms with Crippen LogP contribution in [-0.2, 0) is 4.74 Å². The Kier molecular flexibility index (Phi) is 4.06. The number of hydrogen-bond acceptors (Lipinski definition) is 2. The van der Waals surface area contributed by atoms with Crippen LogP contribution in [0.3, 0.4) is 0 Å². The summed E-state index contributed by atoms with van der Waals surface area (Å²) in [5.74, 6) is 0.820. The molecule has 0 spiro atoms. The van der Waals surface area contributed by atoms with Crippen LogP contribution in [0.2, 0.25) is 0 Å². The smallest absolute Gasteiger partial charge is 0.407 e. The first-order valence-electron chi connectivity index (χ1n) is 5.15. The molecule has 0 aromatic carbocycles. The topological polar surface area (TPSA) is 38.3 Å². The predicted molar refractivity (Wildman–Crippen MR) is 51.6 cm³/mol. The third-order valence-corrected chi connectivity index (χ3v) is 2.61. The summed E-state index contributed by atoms with van der Waals surface area (Å²) < 4.78 is 4.82. The van der Waals surface area contributed by atoms with Crippen molar-refractivity contribution >= 4 is 6.09 Å². The Morgan fingerprint density at radius 3 is 2.54 bits per heavy atom. The van der Waals surface area contributed by atoms with E-state index < -0.39 is 0 Å². The van der Waals surface area contributed by atoms with Crippen molar-refractivity contribution in [3.8, 4) is 0 Å². The molecule has 76 valence electrons. The quantitative estimate of drug-likeness (QED) is 0.717. The van der Waals surface area contributed by atoms with E-state index in [1.807, 2.05) is 6.92 Å². The SMILES string of the molecule is CCOC(=O)N[C@H]1CC[C@H](C)CC1. The standard InChI is InChI=1S/C10H19NO2/c1-3-13-10(12)11-9-6-4-8(2)5-7-9/h8-9H,3-7H2,1-2H3,(H,11,12)/t8-,9-. The lowest BCUT2D eigenvalue weighted by molar-refractivity contribution is 0.143. The van der Waals surface area contributed by atoms with Crippen LogP contribution in [0.1, 0.15) is 39.5 Å². The largest absolute Gasteiger partial charge is 0.450 e. The minimum atomic E-state index is -0.262. The number of carbonyl (C=O) groups is 1.